The molecule has 0 bridgehead atoms. The van der Waals surface area contributed by atoms with Crippen LogP contribution in [0.1, 0.15) is 38.2 Å². The quantitative estimate of drug-likeness (QED) is 0.803. The van der Waals surface area contributed by atoms with E-state index in [-0.39, 0.29) is 11.8 Å². The van der Waals surface area contributed by atoms with Crippen LogP contribution in [0.15, 0.2) is 30.3 Å². The first-order valence-electron chi connectivity index (χ1n) is 8.20. The second kappa shape index (κ2) is 8.39. The van der Waals surface area contributed by atoms with Gasteiger partial charge in [0.1, 0.15) is 5.54 Å². The molecule has 0 aromatic heterocycles. The summed E-state index contributed by atoms with van der Waals surface area (Å²) in [6.07, 6.45) is 3.66. The number of benzene rings is 1. The van der Waals surface area contributed by atoms with Crippen LogP contribution in [-0.2, 0) is 16.0 Å². The zero-order valence-corrected chi connectivity index (χ0v) is 14.4. The molecule has 4 nitrogen and oxygen atoms in total. The van der Waals surface area contributed by atoms with Crippen molar-refractivity contribution in [3.05, 3.63) is 35.9 Å². The molecule has 1 aromatic rings. The lowest BCUT2D eigenvalue weighted by atomic mass is 9.90. The summed E-state index contributed by atoms with van der Waals surface area (Å²) >= 11 is 1.75. The maximum atomic E-state index is 12.4. The average molecular weight is 335 g/mol. The normalized spacial score (nSPS) is 18.1. The number of rotatable bonds is 7. The summed E-state index contributed by atoms with van der Waals surface area (Å²) in [6, 6.07) is 10.2. The second-order valence-corrected chi connectivity index (χ2v) is 7.49. The summed E-state index contributed by atoms with van der Waals surface area (Å²) in [7, 11) is 0. The van der Waals surface area contributed by atoms with Crippen molar-refractivity contribution in [1.29, 1.82) is 0 Å². The molecule has 5 heteroatoms. The van der Waals surface area contributed by atoms with Crippen LogP contribution in [0.2, 0.25) is 0 Å². The molecule has 0 aliphatic carbocycles. The molecule has 1 atom stereocenters. The number of carbonyl (C=O) groups excluding carboxylic acids is 1. The monoisotopic (exact) mass is 335 g/mol. The average Bonchev–Trinajstić information content (AvgIpc) is 2.56. The first kappa shape index (κ1) is 17.9. The van der Waals surface area contributed by atoms with Gasteiger partial charge in [-0.25, -0.2) is 4.79 Å². The van der Waals surface area contributed by atoms with Crippen LogP contribution in [0.25, 0.3) is 0 Å². The highest BCUT2D eigenvalue weighted by atomic mass is 32.2. The standard InChI is InChI=1S/C18H25NO3S/c1-14(6-5-9-15-7-3-2-4-8-15)16(20)19-18(17(21)22)10-12-23-13-11-18/h2-4,7-8,14H,5-6,9-13H2,1H3,(H,19,20)(H,21,22). The van der Waals surface area contributed by atoms with Gasteiger partial charge in [0.05, 0.1) is 0 Å². The molecule has 126 valence electrons. The van der Waals surface area contributed by atoms with Crippen LogP contribution in [0.4, 0.5) is 0 Å². The van der Waals surface area contributed by atoms with Crippen molar-refractivity contribution in [1.82, 2.24) is 5.32 Å². The van der Waals surface area contributed by atoms with Crippen molar-refractivity contribution in [3.63, 3.8) is 0 Å². The van der Waals surface area contributed by atoms with Gasteiger partial charge in [0.15, 0.2) is 0 Å². The molecule has 1 aromatic carbocycles. The zero-order valence-electron chi connectivity index (χ0n) is 13.6. The number of carboxylic acid groups (broad SMARTS) is 1. The lowest BCUT2D eigenvalue weighted by Crippen LogP contribution is -2.57. The molecule has 0 saturated carbocycles. The molecular weight excluding hydrogens is 310 g/mol. The summed E-state index contributed by atoms with van der Waals surface area (Å²) in [5, 5.41) is 12.3. The highest BCUT2D eigenvalue weighted by Crippen LogP contribution is 2.28. The summed E-state index contributed by atoms with van der Waals surface area (Å²) in [4.78, 5) is 24.0. The minimum atomic E-state index is -1.06. The molecule has 0 radical (unpaired) electrons. The summed E-state index contributed by atoms with van der Waals surface area (Å²) < 4.78 is 0. The SMILES string of the molecule is CC(CCCc1ccccc1)C(=O)NC1(C(=O)O)CCSCC1. The Kier molecular flexibility index (Phi) is 6.51. The molecule has 0 spiro atoms. The number of nitrogens with one attached hydrogen (secondary N) is 1. The number of hydrogen-bond acceptors (Lipinski definition) is 3. The van der Waals surface area contributed by atoms with E-state index in [2.05, 4.69) is 17.4 Å². The summed E-state index contributed by atoms with van der Waals surface area (Å²) in [6.45, 7) is 1.88. The van der Waals surface area contributed by atoms with Gasteiger partial charge < -0.3 is 10.4 Å². The molecule has 2 rings (SSSR count). The predicted octanol–water partition coefficient (Wildman–Crippen LogP) is 3.11. The van der Waals surface area contributed by atoms with E-state index in [1.54, 1.807) is 11.8 Å². The Morgan fingerprint density at radius 2 is 1.91 bits per heavy atom. The van der Waals surface area contributed by atoms with E-state index in [1.807, 2.05) is 25.1 Å². The van der Waals surface area contributed by atoms with Gasteiger partial charge in [-0.2, -0.15) is 11.8 Å². The number of carboxylic acids is 1. The molecule has 1 fully saturated rings. The van der Waals surface area contributed by atoms with E-state index in [1.165, 1.54) is 5.56 Å². The second-order valence-electron chi connectivity index (χ2n) is 6.27. The summed E-state index contributed by atoms with van der Waals surface area (Å²) in [5.41, 5.74) is 0.210. The van der Waals surface area contributed by atoms with Gasteiger partial charge in [-0.15, -0.1) is 0 Å². The molecule has 1 aliphatic rings. The lowest BCUT2D eigenvalue weighted by molar-refractivity contribution is -0.148. The molecule has 23 heavy (non-hydrogen) atoms. The lowest BCUT2D eigenvalue weighted by Gasteiger charge is -2.34. The van der Waals surface area contributed by atoms with E-state index in [4.69, 9.17) is 0 Å². The smallest absolute Gasteiger partial charge is 0.329 e. The highest BCUT2D eigenvalue weighted by Gasteiger charge is 2.41. The van der Waals surface area contributed by atoms with Crippen LogP contribution in [0, 0.1) is 5.92 Å². The third-order valence-corrected chi connectivity index (χ3v) is 5.50. The number of aryl methyl sites for hydroxylation is 1. The highest BCUT2D eigenvalue weighted by molar-refractivity contribution is 7.99. The molecule has 2 N–H and O–H groups in total. The molecule has 1 amide bonds. The van der Waals surface area contributed by atoms with Gasteiger partial charge in [-0.05, 0) is 49.2 Å². The van der Waals surface area contributed by atoms with Crippen LogP contribution in [0.3, 0.4) is 0 Å². The largest absolute Gasteiger partial charge is 0.480 e. The minimum absolute atomic E-state index is 0.132. The van der Waals surface area contributed by atoms with Crippen molar-refractivity contribution in [3.8, 4) is 0 Å². The maximum absolute atomic E-state index is 12.4. The van der Waals surface area contributed by atoms with Gasteiger partial charge in [0.2, 0.25) is 5.91 Å². The van der Waals surface area contributed by atoms with E-state index in [9.17, 15) is 14.7 Å². The van der Waals surface area contributed by atoms with Crippen molar-refractivity contribution in [2.24, 2.45) is 5.92 Å². The fraction of sp³-hybridized carbons (Fsp3) is 0.556. The van der Waals surface area contributed by atoms with Crippen LogP contribution < -0.4 is 5.32 Å². The van der Waals surface area contributed by atoms with Gasteiger partial charge in [-0.3, -0.25) is 4.79 Å². The van der Waals surface area contributed by atoms with Crippen molar-refractivity contribution < 1.29 is 14.7 Å². The van der Waals surface area contributed by atoms with Gasteiger partial charge in [0, 0.05) is 5.92 Å². The fourth-order valence-corrected chi connectivity index (χ4v) is 4.05. The molecule has 1 saturated heterocycles. The van der Waals surface area contributed by atoms with E-state index in [0.717, 1.165) is 30.8 Å². The van der Waals surface area contributed by atoms with E-state index < -0.39 is 11.5 Å². The van der Waals surface area contributed by atoms with E-state index in [0.29, 0.717) is 12.8 Å². The first-order valence-corrected chi connectivity index (χ1v) is 9.36. The van der Waals surface area contributed by atoms with Crippen molar-refractivity contribution >= 4 is 23.6 Å². The topological polar surface area (TPSA) is 66.4 Å². The van der Waals surface area contributed by atoms with E-state index >= 15 is 0 Å². The fourth-order valence-electron chi connectivity index (χ4n) is 2.86. The Hall–Kier alpha value is -1.49. The Morgan fingerprint density at radius 1 is 1.26 bits per heavy atom. The number of carbonyl (C=O) groups is 2. The molecular formula is C18H25NO3S. The third-order valence-electron chi connectivity index (χ3n) is 4.51. The molecule has 1 aliphatic heterocycles. The molecule has 1 unspecified atom stereocenters. The maximum Gasteiger partial charge on any atom is 0.329 e. The van der Waals surface area contributed by atoms with Gasteiger partial charge in [0.25, 0.3) is 0 Å². The Labute approximate surface area is 142 Å². The predicted molar refractivity (Wildman–Crippen MR) is 93.6 cm³/mol. The molecule has 1 heterocycles. The third kappa shape index (κ3) is 4.99. The number of amides is 1. The van der Waals surface area contributed by atoms with Crippen LogP contribution in [0.5, 0.6) is 0 Å². The Bertz CT molecular complexity index is 526. The number of hydrogen-bond donors (Lipinski definition) is 2. The van der Waals surface area contributed by atoms with Crippen LogP contribution in [-0.4, -0.2) is 34.0 Å². The first-order chi connectivity index (χ1) is 11.0. The van der Waals surface area contributed by atoms with Gasteiger partial charge in [-0.1, -0.05) is 37.3 Å². The minimum Gasteiger partial charge on any atom is -0.480 e. The summed E-state index contributed by atoms with van der Waals surface area (Å²) in [5.74, 6) is 0.378. The van der Waals surface area contributed by atoms with Crippen molar-refractivity contribution in [2.75, 3.05) is 11.5 Å². The zero-order chi connectivity index (χ0) is 16.7. The number of thioether (sulfide) groups is 1. The Balaban J connectivity index is 1.82. The van der Waals surface area contributed by atoms with Gasteiger partial charge >= 0.3 is 5.97 Å². The van der Waals surface area contributed by atoms with Crippen molar-refractivity contribution in [2.45, 2.75) is 44.6 Å². The van der Waals surface area contributed by atoms with Crippen LogP contribution >= 0.6 is 11.8 Å². The Morgan fingerprint density at radius 3 is 2.52 bits per heavy atom. The number of aliphatic carboxylic acids is 1.